The topological polar surface area (TPSA) is 89.3 Å². The second-order valence-corrected chi connectivity index (χ2v) is 6.07. The maximum Gasteiger partial charge on any atom is 0.251 e. The maximum absolute atomic E-state index is 11.9. The number of morpholine rings is 1. The van der Waals surface area contributed by atoms with Crippen LogP contribution in [0.25, 0.3) is 11.4 Å². The van der Waals surface area contributed by atoms with Crippen LogP contribution in [-0.2, 0) is 16.1 Å². The standard InChI is InChI=1S/C15H19N5O3S/c1-2-16-12(21)10-20-9-11(3-4-13(20)22)14-17-15(24-18-14)19-5-7-23-8-6-19/h3-4,9H,2,5-8,10H2,1H3,(H,16,21). The van der Waals surface area contributed by atoms with E-state index in [0.29, 0.717) is 25.6 Å². The zero-order valence-corrected chi connectivity index (χ0v) is 14.2. The molecule has 1 aliphatic heterocycles. The van der Waals surface area contributed by atoms with Crippen LogP contribution in [0.3, 0.4) is 0 Å². The van der Waals surface area contributed by atoms with Gasteiger partial charge in [-0.3, -0.25) is 9.59 Å². The van der Waals surface area contributed by atoms with Crippen LogP contribution < -0.4 is 15.8 Å². The van der Waals surface area contributed by atoms with Crippen LogP contribution >= 0.6 is 11.5 Å². The van der Waals surface area contributed by atoms with Crippen molar-refractivity contribution >= 4 is 22.6 Å². The first kappa shape index (κ1) is 16.6. The van der Waals surface area contributed by atoms with E-state index in [1.807, 2.05) is 6.92 Å². The molecular weight excluding hydrogens is 330 g/mol. The van der Waals surface area contributed by atoms with Crippen LogP contribution in [0.5, 0.6) is 0 Å². The van der Waals surface area contributed by atoms with Crippen molar-refractivity contribution in [1.82, 2.24) is 19.2 Å². The molecule has 1 saturated heterocycles. The molecule has 8 nitrogen and oxygen atoms in total. The fraction of sp³-hybridized carbons (Fsp3) is 0.467. The maximum atomic E-state index is 11.9. The van der Waals surface area contributed by atoms with Crippen molar-refractivity contribution in [3.8, 4) is 11.4 Å². The van der Waals surface area contributed by atoms with Gasteiger partial charge in [0.2, 0.25) is 11.0 Å². The van der Waals surface area contributed by atoms with Gasteiger partial charge in [0.05, 0.1) is 13.2 Å². The Morgan fingerprint density at radius 2 is 2.17 bits per heavy atom. The highest BCUT2D eigenvalue weighted by Crippen LogP contribution is 2.23. The number of carbonyl (C=O) groups excluding carboxylic acids is 1. The minimum Gasteiger partial charge on any atom is -0.378 e. The van der Waals surface area contributed by atoms with E-state index in [4.69, 9.17) is 4.74 Å². The lowest BCUT2D eigenvalue weighted by Gasteiger charge is -2.25. The van der Waals surface area contributed by atoms with E-state index in [1.54, 1.807) is 12.3 Å². The number of nitrogens with one attached hydrogen (secondary N) is 1. The number of aromatic nitrogens is 3. The minimum absolute atomic E-state index is 0.0129. The Labute approximate surface area is 143 Å². The van der Waals surface area contributed by atoms with Crippen LogP contribution in [0.2, 0.25) is 0 Å². The van der Waals surface area contributed by atoms with Gasteiger partial charge in [0.25, 0.3) is 5.56 Å². The molecule has 24 heavy (non-hydrogen) atoms. The number of carbonyl (C=O) groups is 1. The number of hydrogen-bond acceptors (Lipinski definition) is 7. The molecule has 1 N–H and O–H groups in total. The molecule has 2 aromatic rings. The van der Waals surface area contributed by atoms with Crippen LogP contribution in [0, 0.1) is 0 Å². The molecule has 2 aromatic heterocycles. The number of hydrogen-bond donors (Lipinski definition) is 1. The molecule has 0 radical (unpaired) electrons. The Balaban J connectivity index is 1.80. The molecule has 3 heterocycles. The van der Waals surface area contributed by atoms with Crippen molar-refractivity contribution < 1.29 is 9.53 Å². The molecular formula is C15H19N5O3S. The summed E-state index contributed by atoms with van der Waals surface area (Å²) in [6, 6.07) is 3.12. The third-order valence-corrected chi connectivity index (χ3v) is 4.40. The van der Waals surface area contributed by atoms with Gasteiger partial charge < -0.3 is 19.5 Å². The molecule has 1 fully saturated rings. The molecule has 0 saturated carbocycles. The van der Waals surface area contributed by atoms with Crippen LogP contribution in [0.4, 0.5) is 5.13 Å². The van der Waals surface area contributed by atoms with Gasteiger partial charge >= 0.3 is 0 Å². The van der Waals surface area contributed by atoms with E-state index < -0.39 is 0 Å². The number of anilines is 1. The van der Waals surface area contributed by atoms with Crippen molar-refractivity contribution in [2.45, 2.75) is 13.5 Å². The van der Waals surface area contributed by atoms with E-state index in [-0.39, 0.29) is 18.0 Å². The molecule has 128 valence electrons. The Morgan fingerprint density at radius 1 is 1.38 bits per heavy atom. The summed E-state index contributed by atoms with van der Waals surface area (Å²) in [5, 5.41) is 3.52. The quantitative estimate of drug-likeness (QED) is 0.837. The van der Waals surface area contributed by atoms with Gasteiger partial charge in [0.15, 0.2) is 5.82 Å². The van der Waals surface area contributed by atoms with Gasteiger partial charge in [-0.1, -0.05) is 0 Å². The summed E-state index contributed by atoms with van der Waals surface area (Å²) < 4.78 is 11.1. The summed E-state index contributed by atoms with van der Waals surface area (Å²) in [6.07, 6.45) is 1.63. The lowest BCUT2D eigenvalue weighted by atomic mass is 10.2. The first-order chi connectivity index (χ1) is 11.7. The minimum atomic E-state index is -0.228. The summed E-state index contributed by atoms with van der Waals surface area (Å²) in [4.78, 5) is 30.3. The van der Waals surface area contributed by atoms with E-state index in [0.717, 1.165) is 23.8 Å². The second kappa shape index (κ2) is 7.54. The van der Waals surface area contributed by atoms with Gasteiger partial charge in [-0.2, -0.15) is 9.36 Å². The highest BCUT2D eigenvalue weighted by atomic mass is 32.1. The summed E-state index contributed by atoms with van der Waals surface area (Å²) >= 11 is 1.33. The first-order valence-electron chi connectivity index (χ1n) is 7.81. The zero-order chi connectivity index (χ0) is 16.9. The van der Waals surface area contributed by atoms with Gasteiger partial charge in [-0.25, -0.2) is 0 Å². The molecule has 0 spiro atoms. The monoisotopic (exact) mass is 349 g/mol. The van der Waals surface area contributed by atoms with E-state index in [1.165, 1.54) is 22.2 Å². The van der Waals surface area contributed by atoms with Crippen molar-refractivity contribution in [1.29, 1.82) is 0 Å². The number of pyridine rings is 1. The lowest BCUT2D eigenvalue weighted by molar-refractivity contribution is -0.121. The average Bonchev–Trinajstić information content (AvgIpc) is 3.08. The van der Waals surface area contributed by atoms with Crippen LogP contribution in [-0.4, -0.2) is 52.7 Å². The average molecular weight is 349 g/mol. The first-order valence-corrected chi connectivity index (χ1v) is 8.58. The number of nitrogens with zero attached hydrogens (tertiary/aromatic N) is 4. The van der Waals surface area contributed by atoms with E-state index in [9.17, 15) is 9.59 Å². The number of rotatable bonds is 5. The van der Waals surface area contributed by atoms with Gasteiger partial charge in [0.1, 0.15) is 6.54 Å². The number of likely N-dealkylation sites (N-methyl/N-ethyl adjacent to an activating group) is 1. The number of ether oxygens (including phenoxy) is 1. The van der Waals surface area contributed by atoms with E-state index in [2.05, 4.69) is 19.6 Å². The smallest absolute Gasteiger partial charge is 0.251 e. The summed E-state index contributed by atoms with van der Waals surface area (Å²) in [5.74, 6) is 0.364. The predicted molar refractivity (Wildman–Crippen MR) is 91.3 cm³/mol. The second-order valence-electron chi connectivity index (χ2n) is 5.34. The summed E-state index contributed by atoms with van der Waals surface area (Å²) in [7, 11) is 0. The molecule has 9 heteroatoms. The highest BCUT2D eigenvalue weighted by Gasteiger charge is 2.17. The molecule has 0 atom stereocenters. The third-order valence-electron chi connectivity index (χ3n) is 3.63. The summed E-state index contributed by atoms with van der Waals surface area (Å²) in [5.41, 5.74) is 0.489. The van der Waals surface area contributed by atoms with Crippen molar-refractivity contribution in [2.75, 3.05) is 37.7 Å². The van der Waals surface area contributed by atoms with E-state index >= 15 is 0 Å². The van der Waals surface area contributed by atoms with Gasteiger partial charge in [0, 0.05) is 49.0 Å². The Hall–Kier alpha value is -2.26. The molecule has 0 aromatic carbocycles. The Kier molecular flexibility index (Phi) is 5.21. The zero-order valence-electron chi connectivity index (χ0n) is 13.4. The molecule has 0 bridgehead atoms. The molecule has 1 aliphatic rings. The molecule has 1 amide bonds. The molecule has 3 rings (SSSR count). The van der Waals surface area contributed by atoms with Gasteiger partial charge in [-0.05, 0) is 13.0 Å². The molecule has 0 aliphatic carbocycles. The van der Waals surface area contributed by atoms with Crippen LogP contribution in [0.1, 0.15) is 6.92 Å². The van der Waals surface area contributed by atoms with Crippen molar-refractivity contribution in [3.63, 3.8) is 0 Å². The summed E-state index contributed by atoms with van der Waals surface area (Å²) in [6.45, 7) is 5.32. The van der Waals surface area contributed by atoms with Crippen molar-refractivity contribution in [2.24, 2.45) is 0 Å². The normalized spacial score (nSPS) is 14.6. The lowest BCUT2D eigenvalue weighted by Crippen LogP contribution is -2.36. The molecule has 0 unspecified atom stereocenters. The predicted octanol–water partition coefficient (Wildman–Crippen LogP) is 0.339. The van der Waals surface area contributed by atoms with Crippen molar-refractivity contribution in [3.05, 3.63) is 28.7 Å². The fourth-order valence-corrected chi connectivity index (χ4v) is 3.15. The Morgan fingerprint density at radius 3 is 2.92 bits per heavy atom. The van der Waals surface area contributed by atoms with Gasteiger partial charge in [-0.15, -0.1) is 0 Å². The fourth-order valence-electron chi connectivity index (χ4n) is 2.41. The Bertz CT molecular complexity index is 766. The van der Waals surface area contributed by atoms with Crippen LogP contribution in [0.15, 0.2) is 23.1 Å². The highest BCUT2D eigenvalue weighted by molar-refractivity contribution is 7.09. The third kappa shape index (κ3) is 3.80. The largest absolute Gasteiger partial charge is 0.378 e. The number of amides is 1. The SMILES string of the molecule is CCNC(=O)Cn1cc(-c2nsc(N3CCOCC3)n2)ccc1=O.